The van der Waals surface area contributed by atoms with Crippen LogP contribution in [0.4, 0.5) is 8.78 Å². The molecule has 0 fully saturated rings. The van der Waals surface area contributed by atoms with Crippen LogP contribution < -0.4 is 10.6 Å². The summed E-state index contributed by atoms with van der Waals surface area (Å²) in [5.41, 5.74) is -0.357. The van der Waals surface area contributed by atoms with Crippen LogP contribution in [0.1, 0.15) is 31.1 Å². The Morgan fingerprint density at radius 2 is 1.88 bits per heavy atom. The van der Waals surface area contributed by atoms with Gasteiger partial charge in [0.15, 0.2) is 0 Å². The zero-order chi connectivity index (χ0) is 18.3. The largest absolute Gasteiger partial charge is 0.352 e. The maximum absolute atomic E-state index is 13.5. The Balaban J connectivity index is 2.59. The molecule has 1 aromatic carbocycles. The Morgan fingerprint density at radius 1 is 1.21 bits per heavy atom. The second-order valence-electron chi connectivity index (χ2n) is 5.44. The predicted molar refractivity (Wildman–Crippen MR) is 84.2 cm³/mol. The van der Waals surface area contributed by atoms with Crippen LogP contribution in [0.25, 0.3) is 0 Å². The quantitative estimate of drug-likeness (QED) is 0.779. The predicted octanol–water partition coefficient (Wildman–Crippen LogP) is 1.07. The molecule has 3 amide bonds. The summed E-state index contributed by atoms with van der Waals surface area (Å²) >= 11 is 0. The van der Waals surface area contributed by atoms with Crippen LogP contribution in [0.2, 0.25) is 0 Å². The first-order valence-electron chi connectivity index (χ1n) is 7.55. The fourth-order valence-electron chi connectivity index (χ4n) is 1.95. The van der Waals surface area contributed by atoms with Gasteiger partial charge in [-0.15, -0.1) is 0 Å². The third kappa shape index (κ3) is 5.94. The Kier molecular flexibility index (Phi) is 7.29. The molecular weight excluding hydrogens is 320 g/mol. The normalized spacial score (nSPS) is 10.4. The first kappa shape index (κ1) is 19.5. The maximum Gasteiger partial charge on any atom is 0.254 e. The summed E-state index contributed by atoms with van der Waals surface area (Å²) in [6.45, 7) is 5.06. The third-order valence-corrected chi connectivity index (χ3v) is 3.09. The lowest BCUT2D eigenvalue weighted by Crippen LogP contribution is -2.46. The summed E-state index contributed by atoms with van der Waals surface area (Å²) in [6, 6.07) is 2.49. The summed E-state index contributed by atoms with van der Waals surface area (Å²) in [7, 11) is 0. The second kappa shape index (κ2) is 8.95. The molecule has 24 heavy (non-hydrogen) atoms. The van der Waals surface area contributed by atoms with E-state index in [-0.39, 0.29) is 30.6 Å². The van der Waals surface area contributed by atoms with E-state index in [1.807, 2.05) is 0 Å². The minimum atomic E-state index is -1.01. The first-order valence-corrected chi connectivity index (χ1v) is 7.55. The fraction of sp³-hybridized carbons (Fsp3) is 0.438. The van der Waals surface area contributed by atoms with E-state index in [0.29, 0.717) is 6.07 Å². The van der Waals surface area contributed by atoms with Crippen molar-refractivity contribution < 1.29 is 23.2 Å². The number of carbonyl (C=O) groups excluding carboxylic acids is 3. The van der Waals surface area contributed by atoms with Crippen molar-refractivity contribution in [1.82, 2.24) is 15.5 Å². The second-order valence-corrected chi connectivity index (χ2v) is 5.44. The molecule has 0 unspecified atom stereocenters. The number of nitrogens with one attached hydrogen (secondary N) is 2. The molecule has 0 aliphatic carbocycles. The minimum Gasteiger partial charge on any atom is -0.352 e. The van der Waals surface area contributed by atoms with Crippen molar-refractivity contribution in [3.8, 4) is 0 Å². The van der Waals surface area contributed by atoms with E-state index in [0.717, 1.165) is 12.1 Å². The lowest BCUT2D eigenvalue weighted by atomic mass is 10.2. The number of halogens is 2. The third-order valence-electron chi connectivity index (χ3n) is 3.09. The maximum atomic E-state index is 13.5. The summed E-state index contributed by atoms with van der Waals surface area (Å²) in [6.07, 6.45) is 0. The lowest BCUT2D eigenvalue weighted by Gasteiger charge is -2.21. The van der Waals surface area contributed by atoms with Gasteiger partial charge in [-0.3, -0.25) is 14.4 Å². The van der Waals surface area contributed by atoms with Gasteiger partial charge < -0.3 is 15.5 Å². The van der Waals surface area contributed by atoms with E-state index in [1.165, 1.54) is 4.90 Å². The fourth-order valence-corrected chi connectivity index (χ4v) is 1.95. The lowest BCUT2D eigenvalue weighted by molar-refractivity contribution is -0.135. The van der Waals surface area contributed by atoms with Gasteiger partial charge in [-0.1, -0.05) is 0 Å². The number of nitrogens with zero attached hydrogens (tertiary/aromatic N) is 1. The number of rotatable bonds is 7. The molecule has 0 aliphatic rings. The number of benzene rings is 1. The van der Waals surface area contributed by atoms with Crippen LogP contribution in [-0.4, -0.2) is 48.3 Å². The average molecular weight is 341 g/mol. The highest BCUT2D eigenvalue weighted by Gasteiger charge is 2.18. The Morgan fingerprint density at radius 3 is 2.42 bits per heavy atom. The van der Waals surface area contributed by atoms with Crippen LogP contribution in [0, 0.1) is 11.6 Å². The minimum absolute atomic E-state index is 0.0486. The van der Waals surface area contributed by atoms with Gasteiger partial charge in [-0.25, -0.2) is 8.78 Å². The van der Waals surface area contributed by atoms with Gasteiger partial charge in [0, 0.05) is 18.7 Å². The monoisotopic (exact) mass is 341 g/mol. The van der Waals surface area contributed by atoms with E-state index in [1.54, 1.807) is 20.8 Å². The first-order chi connectivity index (χ1) is 11.2. The van der Waals surface area contributed by atoms with Crippen molar-refractivity contribution in [3.05, 3.63) is 35.4 Å². The molecule has 0 bridgehead atoms. The van der Waals surface area contributed by atoms with E-state index in [2.05, 4.69) is 10.6 Å². The van der Waals surface area contributed by atoms with Crippen LogP contribution in [0.5, 0.6) is 0 Å². The molecule has 132 valence electrons. The van der Waals surface area contributed by atoms with Crippen molar-refractivity contribution in [1.29, 1.82) is 0 Å². The van der Waals surface area contributed by atoms with E-state index >= 15 is 0 Å². The van der Waals surface area contributed by atoms with Crippen molar-refractivity contribution in [2.45, 2.75) is 26.8 Å². The Labute approximate surface area is 139 Å². The molecular formula is C16H21F2N3O3. The van der Waals surface area contributed by atoms with Crippen molar-refractivity contribution in [2.75, 3.05) is 19.6 Å². The molecule has 6 nitrogen and oxygen atoms in total. The number of hydrogen-bond donors (Lipinski definition) is 2. The molecule has 0 radical (unpaired) electrons. The Hall–Kier alpha value is -2.51. The highest BCUT2D eigenvalue weighted by atomic mass is 19.1. The van der Waals surface area contributed by atoms with E-state index in [4.69, 9.17) is 0 Å². The molecule has 8 heteroatoms. The molecule has 0 aromatic heterocycles. The van der Waals surface area contributed by atoms with Gasteiger partial charge in [-0.2, -0.15) is 0 Å². The van der Waals surface area contributed by atoms with E-state index in [9.17, 15) is 23.2 Å². The molecule has 0 heterocycles. The zero-order valence-corrected chi connectivity index (χ0v) is 13.9. The average Bonchev–Trinajstić information content (AvgIpc) is 2.49. The standard InChI is InChI=1S/C16H21F2N3O3/c1-4-21(9-14(22)20-10(2)3)15(23)8-19-16(24)12-6-5-11(17)7-13(12)18/h5-7,10H,4,8-9H2,1-3H3,(H,19,24)(H,20,22). The van der Waals surface area contributed by atoms with Crippen molar-refractivity contribution >= 4 is 17.7 Å². The number of amides is 3. The molecule has 0 saturated carbocycles. The summed E-state index contributed by atoms with van der Waals surface area (Å²) in [5, 5.41) is 4.92. The molecule has 0 aliphatic heterocycles. The SMILES string of the molecule is CCN(CC(=O)NC(C)C)C(=O)CNC(=O)c1ccc(F)cc1F. The highest BCUT2D eigenvalue weighted by molar-refractivity contribution is 5.97. The number of hydrogen-bond acceptors (Lipinski definition) is 3. The number of carbonyl (C=O) groups is 3. The molecule has 0 spiro atoms. The molecule has 2 N–H and O–H groups in total. The van der Waals surface area contributed by atoms with Crippen LogP contribution >= 0.6 is 0 Å². The van der Waals surface area contributed by atoms with E-state index < -0.39 is 30.0 Å². The van der Waals surface area contributed by atoms with Crippen LogP contribution in [0.3, 0.4) is 0 Å². The molecule has 0 atom stereocenters. The Bertz CT molecular complexity index is 621. The van der Waals surface area contributed by atoms with Gasteiger partial charge in [-0.05, 0) is 32.9 Å². The summed E-state index contributed by atoms with van der Waals surface area (Å²) in [4.78, 5) is 36.8. The van der Waals surface area contributed by atoms with Gasteiger partial charge in [0.2, 0.25) is 11.8 Å². The van der Waals surface area contributed by atoms with Gasteiger partial charge >= 0.3 is 0 Å². The highest BCUT2D eigenvalue weighted by Crippen LogP contribution is 2.09. The zero-order valence-electron chi connectivity index (χ0n) is 13.9. The van der Waals surface area contributed by atoms with Crippen molar-refractivity contribution in [3.63, 3.8) is 0 Å². The van der Waals surface area contributed by atoms with Crippen LogP contribution in [0.15, 0.2) is 18.2 Å². The summed E-state index contributed by atoms with van der Waals surface area (Å²) < 4.78 is 26.3. The summed E-state index contributed by atoms with van der Waals surface area (Å²) in [5.74, 6) is -3.43. The number of likely N-dealkylation sites (N-methyl/N-ethyl adjacent to an activating group) is 1. The topological polar surface area (TPSA) is 78.5 Å². The molecule has 0 saturated heterocycles. The van der Waals surface area contributed by atoms with Gasteiger partial charge in [0.25, 0.3) is 5.91 Å². The smallest absolute Gasteiger partial charge is 0.254 e. The molecule has 1 rings (SSSR count). The van der Waals surface area contributed by atoms with Crippen LogP contribution in [-0.2, 0) is 9.59 Å². The van der Waals surface area contributed by atoms with Crippen molar-refractivity contribution in [2.24, 2.45) is 0 Å². The van der Waals surface area contributed by atoms with Gasteiger partial charge in [0.05, 0.1) is 18.7 Å². The molecule has 1 aromatic rings. The van der Waals surface area contributed by atoms with Gasteiger partial charge in [0.1, 0.15) is 11.6 Å².